The maximum atomic E-state index is 13.3. The molecule has 164 valence electrons. The average Bonchev–Trinajstić information content (AvgIpc) is 3.54. The van der Waals surface area contributed by atoms with Crippen LogP contribution in [0.5, 0.6) is 0 Å². The lowest BCUT2D eigenvalue weighted by atomic mass is 9.81. The monoisotopic (exact) mass is 431 g/mol. The summed E-state index contributed by atoms with van der Waals surface area (Å²) in [5, 5.41) is 10.4. The number of hydrogen-bond acceptors (Lipinski definition) is 7. The van der Waals surface area contributed by atoms with E-state index < -0.39 is 5.91 Å². The SMILES string of the molecule is Cn1cc(NC(=O)c2nc(C3CC3)ccc2Nc2cncnc2)c(C(=O)CC2CCC2)n1. The van der Waals surface area contributed by atoms with Gasteiger partial charge in [0.1, 0.15) is 6.33 Å². The number of pyridine rings is 1. The predicted octanol–water partition coefficient (Wildman–Crippen LogP) is 3.85. The Hall–Kier alpha value is -3.62. The minimum absolute atomic E-state index is 0.0370. The van der Waals surface area contributed by atoms with E-state index in [-0.39, 0.29) is 11.5 Å². The van der Waals surface area contributed by atoms with Gasteiger partial charge in [0.25, 0.3) is 5.91 Å². The van der Waals surface area contributed by atoms with Gasteiger partial charge in [0.05, 0.1) is 29.5 Å². The van der Waals surface area contributed by atoms with Crippen LogP contribution in [0, 0.1) is 5.92 Å². The van der Waals surface area contributed by atoms with Crippen LogP contribution in [0.3, 0.4) is 0 Å². The Morgan fingerprint density at radius 1 is 1.06 bits per heavy atom. The summed E-state index contributed by atoms with van der Waals surface area (Å²) in [6.07, 6.45) is 12.3. The third kappa shape index (κ3) is 4.37. The van der Waals surface area contributed by atoms with Crippen LogP contribution in [-0.2, 0) is 7.05 Å². The van der Waals surface area contributed by atoms with Crippen molar-refractivity contribution in [2.24, 2.45) is 13.0 Å². The highest BCUT2D eigenvalue weighted by molar-refractivity contribution is 6.10. The molecule has 0 aliphatic heterocycles. The van der Waals surface area contributed by atoms with Crippen LogP contribution in [0.15, 0.2) is 37.1 Å². The molecule has 0 unspecified atom stereocenters. The summed E-state index contributed by atoms with van der Waals surface area (Å²) in [4.78, 5) is 38.8. The fourth-order valence-corrected chi connectivity index (χ4v) is 3.90. The first-order valence-corrected chi connectivity index (χ1v) is 11.0. The van der Waals surface area contributed by atoms with E-state index in [4.69, 9.17) is 0 Å². The number of amides is 1. The van der Waals surface area contributed by atoms with Gasteiger partial charge in [-0.15, -0.1) is 0 Å². The highest BCUT2D eigenvalue weighted by Gasteiger charge is 2.28. The number of aryl methyl sites for hydroxylation is 1. The topological polar surface area (TPSA) is 115 Å². The zero-order chi connectivity index (χ0) is 22.1. The Labute approximate surface area is 185 Å². The fourth-order valence-electron chi connectivity index (χ4n) is 3.90. The van der Waals surface area contributed by atoms with Crippen LogP contribution in [0.4, 0.5) is 17.1 Å². The summed E-state index contributed by atoms with van der Waals surface area (Å²) in [6.45, 7) is 0. The molecule has 3 aromatic rings. The van der Waals surface area contributed by atoms with Gasteiger partial charge in [-0.2, -0.15) is 5.10 Å². The molecule has 2 aliphatic rings. The highest BCUT2D eigenvalue weighted by Crippen LogP contribution is 2.40. The summed E-state index contributed by atoms with van der Waals surface area (Å²) >= 11 is 0. The van der Waals surface area contributed by atoms with Crippen molar-refractivity contribution in [3.63, 3.8) is 0 Å². The lowest BCUT2D eigenvalue weighted by molar-refractivity contribution is 0.0931. The summed E-state index contributed by atoms with van der Waals surface area (Å²) in [6, 6.07) is 3.80. The molecule has 0 saturated heterocycles. The smallest absolute Gasteiger partial charge is 0.276 e. The van der Waals surface area contributed by atoms with Crippen LogP contribution in [0.2, 0.25) is 0 Å². The lowest BCUT2D eigenvalue weighted by Crippen LogP contribution is -2.20. The number of aromatic nitrogens is 5. The van der Waals surface area contributed by atoms with Crippen LogP contribution in [-0.4, -0.2) is 36.4 Å². The molecule has 3 heterocycles. The van der Waals surface area contributed by atoms with Gasteiger partial charge in [-0.1, -0.05) is 19.3 Å². The number of rotatable bonds is 8. The fraction of sp³-hybridized carbons (Fsp3) is 0.391. The summed E-state index contributed by atoms with van der Waals surface area (Å²) < 4.78 is 1.55. The van der Waals surface area contributed by atoms with Crippen molar-refractivity contribution in [3.05, 3.63) is 54.1 Å². The molecule has 5 rings (SSSR count). The van der Waals surface area contributed by atoms with E-state index in [1.165, 1.54) is 12.7 Å². The molecule has 9 heteroatoms. The number of carbonyl (C=O) groups excluding carboxylic acids is 2. The van der Waals surface area contributed by atoms with Crippen molar-refractivity contribution in [3.8, 4) is 0 Å². The zero-order valence-corrected chi connectivity index (χ0v) is 17.9. The number of ketones is 1. The summed E-state index contributed by atoms with van der Waals surface area (Å²) in [5.41, 5.74) is 3.08. The number of Topliss-reactive ketones (excluding diaryl/α,β-unsaturated/α-hetero) is 1. The van der Waals surface area contributed by atoms with Gasteiger partial charge in [-0.3, -0.25) is 14.3 Å². The first-order valence-electron chi connectivity index (χ1n) is 11.0. The molecular formula is C23H25N7O2. The second-order valence-corrected chi connectivity index (χ2v) is 8.60. The molecule has 3 aromatic heterocycles. The van der Waals surface area contributed by atoms with Crippen molar-refractivity contribution >= 4 is 28.8 Å². The van der Waals surface area contributed by atoms with E-state index in [1.54, 1.807) is 30.3 Å². The minimum Gasteiger partial charge on any atom is -0.351 e. The Balaban J connectivity index is 1.41. The maximum absolute atomic E-state index is 13.3. The van der Waals surface area contributed by atoms with Crippen molar-refractivity contribution in [1.82, 2.24) is 24.7 Å². The van der Waals surface area contributed by atoms with Crippen molar-refractivity contribution < 1.29 is 9.59 Å². The van der Waals surface area contributed by atoms with E-state index in [9.17, 15) is 9.59 Å². The van der Waals surface area contributed by atoms with Gasteiger partial charge in [-0.05, 0) is 30.9 Å². The summed E-state index contributed by atoms with van der Waals surface area (Å²) in [5.74, 6) is 0.394. The van der Waals surface area contributed by atoms with Gasteiger partial charge < -0.3 is 10.6 Å². The number of carbonyl (C=O) groups is 2. The van der Waals surface area contributed by atoms with Gasteiger partial charge in [0.15, 0.2) is 17.2 Å². The quantitative estimate of drug-likeness (QED) is 0.521. The molecule has 0 atom stereocenters. The van der Waals surface area contributed by atoms with Gasteiger partial charge in [-0.25, -0.2) is 15.0 Å². The Kier molecular flexibility index (Phi) is 5.38. The zero-order valence-electron chi connectivity index (χ0n) is 17.9. The van der Waals surface area contributed by atoms with Crippen molar-refractivity contribution in [2.75, 3.05) is 10.6 Å². The average molecular weight is 432 g/mol. The van der Waals surface area contributed by atoms with E-state index in [1.807, 2.05) is 12.1 Å². The molecular weight excluding hydrogens is 406 g/mol. The molecule has 2 aliphatic carbocycles. The molecule has 2 N–H and O–H groups in total. The Morgan fingerprint density at radius 3 is 2.53 bits per heavy atom. The minimum atomic E-state index is -0.391. The molecule has 0 aromatic carbocycles. The standard InChI is InChI=1S/C23H25N7O2/c1-30-12-19(21(29-30)20(31)9-14-3-2-4-14)28-23(32)22-18(26-16-10-24-13-25-11-16)8-7-17(27-22)15-5-6-15/h7-8,10-15,26H,2-6,9H2,1H3,(H,28,32). The predicted molar refractivity (Wildman–Crippen MR) is 119 cm³/mol. The van der Waals surface area contributed by atoms with Crippen molar-refractivity contribution in [1.29, 1.82) is 0 Å². The van der Waals surface area contributed by atoms with Gasteiger partial charge in [0, 0.05) is 31.3 Å². The second kappa shape index (κ2) is 8.49. The Bertz CT molecular complexity index is 1150. The van der Waals surface area contributed by atoms with Crippen LogP contribution >= 0.6 is 0 Å². The number of nitrogens with one attached hydrogen (secondary N) is 2. The molecule has 2 saturated carbocycles. The molecule has 0 spiro atoms. The lowest BCUT2D eigenvalue weighted by Gasteiger charge is -2.24. The van der Waals surface area contributed by atoms with E-state index >= 15 is 0 Å². The van der Waals surface area contributed by atoms with Gasteiger partial charge in [0.2, 0.25) is 0 Å². The van der Waals surface area contributed by atoms with Gasteiger partial charge >= 0.3 is 0 Å². The molecule has 2 fully saturated rings. The van der Waals surface area contributed by atoms with E-state index in [0.717, 1.165) is 31.4 Å². The van der Waals surface area contributed by atoms with Crippen molar-refractivity contribution in [2.45, 2.75) is 44.4 Å². The normalized spacial score (nSPS) is 15.8. The molecule has 0 radical (unpaired) electrons. The number of hydrogen-bond donors (Lipinski definition) is 2. The largest absolute Gasteiger partial charge is 0.351 e. The van der Waals surface area contributed by atoms with E-state index in [0.29, 0.717) is 41.0 Å². The maximum Gasteiger partial charge on any atom is 0.276 e. The molecule has 9 nitrogen and oxygen atoms in total. The highest BCUT2D eigenvalue weighted by atomic mass is 16.2. The third-order valence-corrected chi connectivity index (χ3v) is 6.01. The molecule has 32 heavy (non-hydrogen) atoms. The van der Waals surface area contributed by atoms with E-state index in [2.05, 4.69) is 30.7 Å². The number of anilines is 3. The van der Waals surface area contributed by atoms with Crippen LogP contribution < -0.4 is 10.6 Å². The van der Waals surface area contributed by atoms with Crippen LogP contribution in [0.25, 0.3) is 0 Å². The third-order valence-electron chi connectivity index (χ3n) is 6.01. The molecule has 0 bridgehead atoms. The first-order chi connectivity index (χ1) is 15.6. The second-order valence-electron chi connectivity index (χ2n) is 8.60. The molecule has 1 amide bonds. The Morgan fingerprint density at radius 2 is 1.84 bits per heavy atom. The van der Waals surface area contributed by atoms with Crippen LogP contribution in [0.1, 0.15) is 71.1 Å². The first kappa shape index (κ1) is 20.3. The number of nitrogens with zero attached hydrogens (tertiary/aromatic N) is 5. The summed E-state index contributed by atoms with van der Waals surface area (Å²) in [7, 11) is 1.74.